The lowest BCUT2D eigenvalue weighted by Gasteiger charge is -2.11. The highest BCUT2D eigenvalue weighted by atomic mass is 16.5. The van der Waals surface area contributed by atoms with Gasteiger partial charge in [-0.25, -0.2) is 4.79 Å². The predicted octanol–water partition coefficient (Wildman–Crippen LogP) is -1.06. The Morgan fingerprint density at radius 1 is 1.57 bits per heavy atom. The van der Waals surface area contributed by atoms with Crippen LogP contribution in [0.3, 0.4) is 0 Å². The number of carboxylic acids is 1. The number of methoxy groups -OCH3 is 1. The summed E-state index contributed by atoms with van der Waals surface area (Å²) in [6.45, 7) is 0.426. The molecule has 6 heteroatoms. The number of nitrogens with one attached hydrogen (secondary N) is 1. The Morgan fingerprint density at radius 2 is 2.21 bits per heavy atom. The van der Waals surface area contributed by atoms with E-state index in [1.54, 1.807) is 0 Å². The molecule has 1 unspecified atom stereocenters. The molecule has 1 atom stereocenters. The number of hydrogen-bond donors (Lipinski definition) is 3. The van der Waals surface area contributed by atoms with Gasteiger partial charge in [0.05, 0.1) is 6.54 Å². The fourth-order valence-corrected chi connectivity index (χ4v) is 0.829. The summed E-state index contributed by atoms with van der Waals surface area (Å²) < 4.78 is 4.63. The van der Waals surface area contributed by atoms with Gasteiger partial charge in [0, 0.05) is 13.5 Å². The minimum atomic E-state index is -1.09. The first-order chi connectivity index (χ1) is 6.61. The Hall–Kier alpha value is -1.14. The number of aliphatic carboxylic acids is 1. The first-order valence-corrected chi connectivity index (χ1v) is 4.34. The van der Waals surface area contributed by atoms with Crippen LogP contribution in [0.4, 0.5) is 0 Å². The van der Waals surface area contributed by atoms with Gasteiger partial charge in [0.15, 0.2) is 6.10 Å². The average molecular weight is 204 g/mol. The van der Waals surface area contributed by atoms with Crippen molar-refractivity contribution in [2.45, 2.75) is 18.9 Å². The second-order valence-electron chi connectivity index (χ2n) is 2.76. The van der Waals surface area contributed by atoms with Crippen molar-refractivity contribution in [2.24, 2.45) is 5.73 Å². The molecule has 82 valence electrons. The summed E-state index contributed by atoms with van der Waals surface area (Å²) >= 11 is 0. The van der Waals surface area contributed by atoms with Crippen LogP contribution in [-0.2, 0) is 14.3 Å². The van der Waals surface area contributed by atoms with E-state index in [0.717, 1.165) is 0 Å². The fraction of sp³-hybridized carbons (Fsp3) is 0.750. The quantitative estimate of drug-likeness (QED) is 0.490. The van der Waals surface area contributed by atoms with Gasteiger partial charge in [-0.05, 0) is 13.0 Å². The largest absolute Gasteiger partial charge is 0.479 e. The van der Waals surface area contributed by atoms with Gasteiger partial charge in [-0.1, -0.05) is 0 Å². The maximum atomic E-state index is 11.0. The third-order valence-electron chi connectivity index (χ3n) is 1.65. The van der Waals surface area contributed by atoms with E-state index in [9.17, 15) is 9.59 Å². The lowest BCUT2D eigenvalue weighted by molar-refractivity contribution is -0.148. The summed E-state index contributed by atoms with van der Waals surface area (Å²) in [7, 11) is 1.28. The number of carboxylic acid groups (broad SMARTS) is 1. The molecule has 0 fully saturated rings. The molecule has 0 heterocycles. The van der Waals surface area contributed by atoms with Crippen molar-refractivity contribution in [3.05, 3.63) is 0 Å². The van der Waals surface area contributed by atoms with E-state index in [1.165, 1.54) is 7.11 Å². The lowest BCUT2D eigenvalue weighted by atomic mass is 10.3. The van der Waals surface area contributed by atoms with Crippen molar-refractivity contribution in [2.75, 3.05) is 20.2 Å². The molecule has 4 N–H and O–H groups in total. The van der Waals surface area contributed by atoms with Gasteiger partial charge in [-0.15, -0.1) is 0 Å². The summed E-state index contributed by atoms with van der Waals surface area (Å²) in [6, 6.07) is 0. The summed E-state index contributed by atoms with van der Waals surface area (Å²) in [5, 5.41) is 11.0. The number of hydrogen-bond acceptors (Lipinski definition) is 4. The first-order valence-electron chi connectivity index (χ1n) is 4.34. The molecule has 0 saturated carbocycles. The molecule has 0 aromatic rings. The van der Waals surface area contributed by atoms with Crippen molar-refractivity contribution < 1.29 is 19.4 Å². The van der Waals surface area contributed by atoms with Gasteiger partial charge in [0.1, 0.15) is 0 Å². The van der Waals surface area contributed by atoms with E-state index in [2.05, 4.69) is 10.1 Å². The highest BCUT2D eigenvalue weighted by Crippen LogP contribution is 1.90. The van der Waals surface area contributed by atoms with Crippen molar-refractivity contribution in [3.63, 3.8) is 0 Å². The zero-order valence-electron chi connectivity index (χ0n) is 8.16. The lowest BCUT2D eigenvalue weighted by Crippen LogP contribution is -2.37. The van der Waals surface area contributed by atoms with E-state index in [-0.39, 0.29) is 12.5 Å². The maximum Gasteiger partial charge on any atom is 0.334 e. The van der Waals surface area contributed by atoms with Crippen LogP contribution in [0.2, 0.25) is 0 Å². The fourth-order valence-electron chi connectivity index (χ4n) is 0.829. The molecule has 0 spiro atoms. The molecule has 0 aromatic carbocycles. The van der Waals surface area contributed by atoms with Crippen LogP contribution in [0, 0.1) is 0 Å². The van der Waals surface area contributed by atoms with E-state index in [4.69, 9.17) is 10.8 Å². The molecule has 0 aliphatic rings. The Labute approximate surface area is 82.4 Å². The summed E-state index contributed by atoms with van der Waals surface area (Å²) in [5.41, 5.74) is 5.21. The first kappa shape index (κ1) is 12.9. The van der Waals surface area contributed by atoms with Gasteiger partial charge in [-0.2, -0.15) is 0 Å². The molecular weight excluding hydrogens is 188 g/mol. The van der Waals surface area contributed by atoms with E-state index in [1.807, 2.05) is 0 Å². The third kappa shape index (κ3) is 5.50. The Morgan fingerprint density at radius 3 is 2.64 bits per heavy atom. The molecule has 0 bridgehead atoms. The topological polar surface area (TPSA) is 102 Å². The minimum absolute atomic E-state index is 0.0186. The Bertz CT molecular complexity index is 196. The zero-order chi connectivity index (χ0) is 11.0. The SMILES string of the molecule is COC(CNC(=O)CCCN)C(=O)O. The molecule has 0 aliphatic heterocycles. The number of ether oxygens (including phenoxy) is 1. The second kappa shape index (κ2) is 7.28. The number of carbonyl (C=O) groups is 2. The molecule has 0 aliphatic carbocycles. The van der Waals surface area contributed by atoms with Gasteiger partial charge >= 0.3 is 5.97 Å². The zero-order valence-corrected chi connectivity index (χ0v) is 8.16. The molecule has 0 aromatic heterocycles. The summed E-state index contributed by atoms with van der Waals surface area (Å²) in [4.78, 5) is 21.5. The van der Waals surface area contributed by atoms with Crippen LogP contribution in [-0.4, -0.2) is 43.3 Å². The van der Waals surface area contributed by atoms with Crippen LogP contribution in [0.1, 0.15) is 12.8 Å². The highest BCUT2D eigenvalue weighted by molar-refractivity contribution is 5.78. The van der Waals surface area contributed by atoms with Crippen LogP contribution < -0.4 is 11.1 Å². The highest BCUT2D eigenvalue weighted by Gasteiger charge is 2.16. The van der Waals surface area contributed by atoms with Crippen LogP contribution in [0.5, 0.6) is 0 Å². The molecule has 6 nitrogen and oxygen atoms in total. The molecule has 14 heavy (non-hydrogen) atoms. The average Bonchev–Trinajstić information content (AvgIpc) is 2.15. The third-order valence-corrected chi connectivity index (χ3v) is 1.65. The monoisotopic (exact) mass is 204 g/mol. The standard InChI is InChI=1S/C8H16N2O4/c1-14-6(8(12)13)5-10-7(11)3-2-4-9/h6H,2-5,9H2,1H3,(H,10,11)(H,12,13). The molecular formula is C8H16N2O4. The van der Waals surface area contributed by atoms with Crippen molar-refractivity contribution in [1.82, 2.24) is 5.32 Å². The number of carbonyl (C=O) groups excluding carboxylic acids is 1. The van der Waals surface area contributed by atoms with Gasteiger partial charge < -0.3 is 20.9 Å². The predicted molar refractivity (Wildman–Crippen MR) is 49.7 cm³/mol. The van der Waals surface area contributed by atoms with E-state index >= 15 is 0 Å². The van der Waals surface area contributed by atoms with E-state index in [0.29, 0.717) is 19.4 Å². The van der Waals surface area contributed by atoms with Gasteiger partial charge in [0.25, 0.3) is 0 Å². The normalized spacial score (nSPS) is 12.1. The number of nitrogens with two attached hydrogens (primary N) is 1. The molecule has 0 radical (unpaired) electrons. The Balaban J connectivity index is 3.68. The van der Waals surface area contributed by atoms with E-state index < -0.39 is 12.1 Å². The van der Waals surface area contributed by atoms with Crippen molar-refractivity contribution in [1.29, 1.82) is 0 Å². The number of amides is 1. The second-order valence-corrected chi connectivity index (χ2v) is 2.76. The molecule has 0 saturated heterocycles. The minimum Gasteiger partial charge on any atom is -0.479 e. The Kier molecular flexibility index (Phi) is 6.69. The smallest absolute Gasteiger partial charge is 0.334 e. The maximum absolute atomic E-state index is 11.0. The molecule has 1 amide bonds. The number of rotatable bonds is 7. The van der Waals surface area contributed by atoms with Gasteiger partial charge in [-0.3, -0.25) is 4.79 Å². The summed E-state index contributed by atoms with van der Waals surface area (Å²) in [6.07, 6.45) is -0.0832. The van der Waals surface area contributed by atoms with Crippen LogP contribution >= 0.6 is 0 Å². The van der Waals surface area contributed by atoms with Crippen LogP contribution in [0.15, 0.2) is 0 Å². The summed E-state index contributed by atoms with van der Waals surface area (Å²) in [5.74, 6) is -1.30. The van der Waals surface area contributed by atoms with Gasteiger partial charge in [0.2, 0.25) is 5.91 Å². The van der Waals surface area contributed by atoms with Crippen molar-refractivity contribution >= 4 is 11.9 Å². The van der Waals surface area contributed by atoms with Crippen LogP contribution in [0.25, 0.3) is 0 Å². The molecule has 0 rings (SSSR count). The van der Waals surface area contributed by atoms with Crippen molar-refractivity contribution in [3.8, 4) is 0 Å².